The van der Waals surface area contributed by atoms with Gasteiger partial charge in [-0.25, -0.2) is 14.4 Å². The lowest BCUT2D eigenvalue weighted by Crippen LogP contribution is -2.51. The summed E-state index contributed by atoms with van der Waals surface area (Å²) in [6.07, 6.45) is -1.63. The van der Waals surface area contributed by atoms with Crippen LogP contribution in [-0.4, -0.2) is 39.9 Å². The van der Waals surface area contributed by atoms with Crippen LogP contribution in [0.3, 0.4) is 0 Å². The number of hydrogen-bond donors (Lipinski definition) is 1. The second kappa shape index (κ2) is 9.69. The minimum absolute atomic E-state index is 0.108. The number of thiazole rings is 1. The molecule has 1 aliphatic rings. The van der Waals surface area contributed by atoms with Crippen molar-refractivity contribution in [3.8, 4) is 10.4 Å². The minimum Gasteiger partial charge on any atom is -0.368 e. The second-order valence-electron chi connectivity index (χ2n) is 8.41. The molecule has 2 aromatic heterocycles. The number of carbonyl (C=O) groups excluding carboxylic acids is 1. The summed E-state index contributed by atoms with van der Waals surface area (Å²) in [5.74, 6) is -0.363. The van der Waals surface area contributed by atoms with Crippen LogP contribution in [0.4, 0.5) is 23.4 Å². The fraction of sp³-hybridized carbons (Fsp3) is 0.375. The highest BCUT2D eigenvalue weighted by molar-refractivity contribution is 7.15. The van der Waals surface area contributed by atoms with Gasteiger partial charge in [-0.05, 0) is 55.5 Å². The minimum atomic E-state index is -4.46. The van der Waals surface area contributed by atoms with Crippen molar-refractivity contribution in [2.45, 2.75) is 38.9 Å². The van der Waals surface area contributed by atoms with Crippen LogP contribution >= 0.6 is 11.3 Å². The summed E-state index contributed by atoms with van der Waals surface area (Å²) in [6.45, 7) is 4.62. The van der Waals surface area contributed by atoms with Crippen LogP contribution in [0.15, 0.2) is 42.6 Å². The van der Waals surface area contributed by atoms with Gasteiger partial charge in [-0.15, -0.1) is 11.3 Å². The number of alkyl halides is 3. The van der Waals surface area contributed by atoms with E-state index in [2.05, 4.69) is 15.3 Å². The first kappa shape index (κ1) is 24.1. The van der Waals surface area contributed by atoms with Crippen molar-refractivity contribution < 1.29 is 22.4 Å². The maximum Gasteiger partial charge on any atom is 0.416 e. The van der Waals surface area contributed by atoms with Gasteiger partial charge in [0.15, 0.2) is 0 Å². The molecule has 4 rings (SSSR count). The molecule has 1 fully saturated rings. The third kappa shape index (κ3) is 5.22. The highest BCUT2D eigenvalue weighted by atomic mass is 32.1. The molecule has 5 nitrogen and oxygen atoms in total. The number of benzene rings is 1. The Morgan fingerprint density at radius 3 is 2.68 bits per heavy atom. The second-order valence-corrected chi connectivity index (χ2v) is 9.61. The van der Waals surface area contributed by atoms with Gasteiger partial charge in [0, 0.05) is 19.3 Å². The number of pyridine rings is 1. The van der Waals surface area contributed by atoms with Gasteiger partial charge in [-0.1, -0.05) is 19.1 Å². The molecule has 3 aromatic rings. The molecule has 0 radical (unpaired) electrons. The summed E-state index contributed by atoms with van der Waals surface area (Å²) in [5.41, 5.74) is 0.241. The number of nitrogens with zero attached hydrogens (tertiary/aromatic N) is 3. The van der Waals surface area contributed by atoms with Crippen LogP contribution in [0.25, 0.3) is 10.4 Å². The van der Waals surface area contributed by atoms with Crippen molar-refractivity contribution in [2.24, 2.45) is 5.92 Å². The average Bonchev–Trinajstić information content (AvgIpc) is 3.19. The summed E-state index contributed by atoms with van der Waals surface area (Å²) < 4.78 is 52.5. The molecule has 0 spiro atoms. The van der Waals surface area contributed by atoms with E-state index in [1.165, 1.54) is 23.5 Å². The zero-order valence-electron chi connectivity index (χ0n) is 18.7. The number of rotatable bonds is 5. The lowest BCUT2D eigenvalue weighted by atomic mass is 9.90. The molecule has 0 unspecified atom stereocenters. The number of piperidine rings is 1. The van der Waals surface area contributed by atoms with Crippen LogP contribution in [-0.2, 0) is 6.18 Å². The fourth-order valence-corrected chi connectivity index (χ4v) is 5.15. The number of amides is 1. The average molecular weight is 493 g/mol. The summed E-state index contributed by atoms with van der Waals surface area (Å²) in [7, 11) is 0. The molecule has 0 aliphatic carbocycles. The normalized spacial score (nSPS) is 18.7. The number of anilines is 1. The molecule has 34 heavy (non-hydrogen) atoms. The van der Waals surface area contributed by atoms with E-state index in [0.29, 0.717) is 22.7 Å². The van der Waals surface area contributed by atoms with Gasteiger partial charge in [0.25, 0.3) is 5.91 Å². The Balaban J connectivity index is 1.57. The topological polar surface area (TPSA) is 58.1 Å². The molecule has 0 saturated carbocycles. The van der Waals surface area contributed by atoms with E-state index in [4.69, 9.17) is 0 Å². The molecule has 1 saturated heterocycles. The monoisotopic (exact) mass is 492 g/mol. The number of aromatic nitrogens is 2. The summed E-state index contributed by atoms with van der Waals surface area (Å²) in [6, 6.07) is 7.57. The van der Waals surface area contributed by atoms with Gasteiger partial charge in [0.1, 0.15) is 17.3 Å². The number of likely N-dealkylation sites (tertiary alicyclic amines) is 1. The Labute approximate surface area is 198 Å². The predicted molar refractivity (Wildman–Crippen MR) is 123 cm³/mol. The molecule has 10 heteroatoms. The molecule has 180 valence electrons. The van der Waals surface area contributed by atoms with Gasteiger partial charge in [0.2, 0.25) is 0 Å². The number of hydrogen-bond acceptors (Lipinski definition) is 5. The summed E-state index contributed by atoms with van der Waals surface area (Å²) in [5, 5.41) is 3.70. The number of carbonyl (C=O) groups is 1. The Morgan fingerprint density at radius 1 is 1.24 bits per heavy atom. The highest BCUT2D eigenvalue weighted by Gasteiger charge is 2.35. The first-order chi connectivity index (χ1) is 16.1. The van der Waals surface area contributed by atoms with E-state index < -0.39 is 11.7 Å². The van der Waals surface area contributed by atoms with E-state index >= 15 is 0 Å². The fourth-order valence-electron chi connectivity index (χ4n) is 4.23. The lowest BCUT2D eigenvalue weighted by Gasteiger charge is -2.40. The van der Waals surface area contributed by atoms with Crippen molar-refractivity contribution in [1.29, 1.82) is 0 Å². The molecule has 1 N–H and O–H groups in total. The maximum absolute atomic E-state index is 13.6. The van der Waals surface area contributed by atoms with E-state index in [1.54, 1.807) is 17.0 Å². The highest BCUT2D eigenvalue weighted by Crippen LogP contribution is 2.34. The third-order valence-corrected chi connectivity index (χ3v) is 7.02. The van der Waals surface area contributed by atoms with Crippen LogP contribution in [0, 0.1) is 18.7 Å². The summed E-state index contributed by atoms with van der Waals surface area (Å²) >= 11 is 1.37. The molecule has 0 bridgehead atoms. The SMILES string of the molecule is Cc1nc(C(=O)N2CCC[C@@H](C)[C@H]2CNc2cc(C(F)(F)F)ccn2)c(-c2ccc(F)cc2)s1. The van der Waals surface area contributed by atoms with Crippen LogP contribution in [0.2, 0.25) is 0 Å². The van der Waals surface area contributed by atoms with Gasteiger partial charge in [-0.2, -0.15) is 13.2 Å². The van der Waals surface area contributed by atoms with Crippen LogP contribution < -0.4 is 5.32 Å². The molecule has 1 amide bonds. The zero-order valence-corrected chi connectivity index (χ0v) is 19.5. The van der Waals surface area contributed by atoms with Gasteiger partial charge >= 0.3 is 6.18 Å². The first-order valence-corrected chi connectivity index (χ1v) is 11.8. The van der Waals surface area contributed by atoms with Gasteiger partial charge < -0.3 is 10.2 Å². The Bertz CT molecular complexity index is 1160. The summed E-state index contributed by atoms with van der Waals surface area (Å²) in [4.78, 5) is 24.5. The Kier molecular flexibility index (Phi) is 6.88. The first-order valence-electron chi connectivity index (χ1n) is 10.9. The number of nitrogens with one attached hydrogen (secondary N) is 1. The molecule has 1 aliphatic heterocycles. The largest absolute Gasteiger partial charge is 0.416 e. The maximum atomic E-state index is 13.6. The van der Waals surface area contributed by atoms with Gasteiger partial charge in [-0.3, -0.25) is 4.79 Å². The van der Waals surface area contributed by atoms with Crippen molar-refractivity contribution in [1.82, 2.24) is 14.9 Å². The number of halogens is 4. The van der Waals surface area contributed by atoms with Crippen molar-refractivity contribution >= 4 is 23.1 Å². The van der Waals surface area contributed by atoms with Crippen molar-refractivity contribution in [3.05, 3.63) is 64.7 Å². The van der Waals surface area contributed by atoms with Gasteiger partial charge in [0.05, 0.1) is 21.5 Å². The van der Waals surface area contributed by atoms with Crippen LogP contribution in [0.1, 0.15) is 40.8 Å². The quantitative estimate of drug-likeness (QED) is 0.442. The van der Waals surface area contributed by atoms with E-state index in [9.17, 15) is 22.4 Å². The number of aryl methyl sites for hydroxylation is 1. The molecule has 2 atom stereocenters. The molecular formula is C24H24F4N4OS. The van der Waals surface area contributed by atoms with E-state index in [-0.39, 0.29) is 36.0 Å². The van der Waals surface area contributed by atoms with E-state index in [0.717, 1.165) is 36.2 Å². The molecule has 1 aromatic carbocycles. The molecular weight excluding hydrogens is 468 g/mol. The Morgan fingerprint density at radius 2 is 1.97 bits per heavy atom. The standard InChI is InChI=1S/C24H24F4N4OS/c1-14-4-3-11-32(19(14)13-30-20-12-17(9-10-29-20)24(26,27)28)23(33)21-22(34-15(2)31-21)16-5-7-18(25)8-6-16/h5-10,12,14,19H,3-4,11,13H2,1-2H3,(H,29,30)/t14-,19-/m1/s1. The van der Waals surface area contributed by atoms with Crippen molar-refractivity contribution in [2.75, 3.05) is 18.4 Å². The van der Waals surface area contributed by atoms with E-state index in [1.807, 2.05) is 13.8 Å². The smallest absolute Gasteiger partial charge is 0.368 e. The third-order valence-electron chi connectivity index (χ3n) is 6.00. The lowest BCUT2D eigenvalue weighted by molar-refractivity contribution is -0.137. The zero-order chi connectivity index (χ0) is 24.5. The predicted octanol–water partition coefficient (Wildman–Crippen LogP) is 6.02. The Hall–Kier alpha value is -3.01. The van der Waals surface area contributed by atoms with Crippen molar-refractivity contribution in [3.63, 3.8) is 0 Å². The molecule has 3 heterocycles. The van der Waals surface area contributed by atoms with Crippen LogP contribution in [0.5, 0.6) is 0 Å².